The molecule has 0 spiro atoms. The number of nitrogens with one attached hydrogen (secondary N) is 2. The number of rotatable bonds is 3. The summed E-state index contributed by atoms with van der Waals surface area (Å²) in [5.74, 6) is 0.00814. The zero-order valence-corrected chi connectivity index (χ0v) is 17.0. The molecule has 3 aromatic rings. The van der Waals surface area contributed by atoms with E-state index in [9.17, 15) is 18.0 Å². The third-order valence-corrected chi connectivity index (χ3v) is 6.04. The predicted octanol–water partition coefficient (Wildman–Crippen LogP) is 4.66. The van der Waals surface area contributed by atoms with E-state index in [1.165, 1.54) is 18.2 Å². The summed E-state index contributed by atoms with van der Waals surface area (Å²) in [5, 5.41) is 10.6. The molecule has 0 radical (unpaired) electrons. The largest absolute Gasteiger partial charge is 0.418 e. The number of amides is 1. The number of thioether (sulfide) groups is 1. The predicted molar refractivity (Wildman–Crippen MR) is 108 cm³/mol. The number of benzene rings is 2. The fraction of sp³-hybridized carbons (Fsp3) is 0.211. The molecule has 2 N–H and O–H groups in total. The molecular formula is C19H15ClF3N5OS. The van der Waals surface area contributed by atoms with Crippen LogP contribution in [0.15, 0.2) is 53.7 Å². The van der Waals surface area contributed by atoms with E-state index >= 15 is 0 Å². The molecule has 6 nitrogen and oxygen atoms in total. The second kappa shape index (κ2) is 7.84. The minimum atomic E-state index is -4.59. The molecule has 1 aliphatic heterocycles. The van der Waals surface area contributed by atoms with E-state index in [1.54, 1.807) is 35.9 Å². The zero-order chi connectivity index (χ0) is 21.5. The molecular weight excluding hydrogens is 439 g/mol. The number of nitrogens with zero attached hydrogens (tertiary/aromatic N) is 3. The molecule has 4 rings (SSSR count). The van der Waals surface area contributed by atoms with Crippen LogP contribution >= 0.6 is 23.4 Å². The summed E-state index contributed by atoms with van der Waals surface area (Å²) in [4.78, 5) is 13.1. The van der Waals surface area contributed by atoms with Crippen molar-refractivity contribution in [2.24, 2.45) is 0 Å². The van der Waals surface area contributed by atoms with E-state index < -0.39 is 28.9 Å². The number of aryl methyl sites for hydroxylation is 1. The molecule has 11 heteroatoms. The molecule has 0 saturated carbocycles. The fourth-order valence-corrected chi connectivity index (χ4v) is 4.38. The highest BCUT2D eigenvalue weighted by molar-refractivity contribution is 8.00. The van der Waals surface area contributed by atoms with Gasteiger partial charge in [-0.15, -0.1) is 10.2 Å². The maximum Gasteiger partial charge on any atom is 0.418 e. The number of para-hydroxylation sites is 1. The van der Waals surface area contributed by atoms with Crippen LogP contribution in [0.25, 0.3) is 0 Å². The molecule has 2 atom stereocenters. The Balaban J connectivity index is 1.68. The summed E-state index contributed by atoms with van der Waals surface area (Å²) in [5.41, 5.74) is 2.73. The smallest absolute Gasteiger partial charge is 0.324 e. The lowest BCUT2D eigenvalue weighted by Crippen LogP contribution is -2.41. The lowest BCUT2D eigenvalue weighted by Gasteiger charge is -2.33. The van der Waals surface area contributed by atoms with Crippen LogP contribution in [0, 0.1) is 6.92 Å². The van der Waals surface area contributed by atoms with Crippen LogP contribution < -0.4 is 10.7 Å². The number of carbonyl (C=O) groups excluding carboxylic acids is 1. The number of alkyl halides is 3. The van der Waals surface area contributed by atoms with Crippen molar-refractivity contribution in [1.82, 2.24) is 14.9 Å². The lowest BCUT2D eigenvalue weighted by atomic mass is 10.0. The summed E-state index contributed by atoms with van der Waals surface area (Å²) in [6, 6.07) is 11.2. The Hall–Kier alpha value is -2.72. The quantitative estimate of drug-likeness (QED) is 0.603. The normalized spacial score (nSPS) is 18.4. The molecule has 2 aromatic carbocycles. The highest BCUT2D eigenvalue weighted by Crippen LogP contribution is 2.39. The summed E-state index contributed by atoms with van der Waals surface area (Å²) < 4.78 is 41.6. The molecule has 0 aliphatic carbocycles. The number of anilines is 1. The van der Waals surface area contributed by atoms with Crippen molar-refractivity contribution in [2.45, 2.75) is 29.5 Å². The van der Waals surface area contributed by atoms with Crippen LogP contribution in [-0.4, -0.2) is 26.0 Å². The van der Waals surface area contributed by atoms with Crippen LogP contribution in [0.4, 0.5) is 18.9 Å². The van der Waals surface area contributed by atoms with Crippen LogP contribution in [0.1, 0.15) is 23.0 Å². The van der Waals surface area contributed by atoms with Crippen molar-refractivity contribution < 1.29 is 18.0 Å². The number of hydrogen-bond donors (Lipinski definition) is 2. The number of carbonyl (C=O) groups is 1. The topological polar surface area (TPSA) is 71.8 Å². The van der Waals surface area contributed by atoms with Gasteiger partial charge >= 0.3 is 6.18 Å². The van der Waals surface area contributed by atoms with Gasteiger partial charge in [-0.05, 0) is 36.8 Å². The summed E-state index contributed by atoms with van der Waals surface area (Å²) in [6.45, 7) is 1.75. The van der Waals surface area contributed by atoms with Gasteiger partial charge in [0.25, 0.3) is 0 Å². The van der Waals surface area contributed by atoms with Crippen LogP contribution in [-0.2, 0) is 11.0 Å². The number of hydrogen-bond acceptors (Lipinski definition) is 5. The van der Waals surface area contributed by atoms with Crippen molar-refractivity contribution in [2.75, 3.05) is 10.7 Å². The molecule has 156 valence electrons. The van der Waals surface area contributed by atoms with Crippen molar-refractivity contribution in [1.29, 1.82) is 0 Å². The Bertz CT molecular complexity index is 1090. The summed E-state index contributed by atoms with van der Waals surface area (Å²) in [6.07, 6.45) is -4.59. The SMILES string of the molecule is Cc1nnc2n1NC(c1ccc(Cl)cc1)C(C(=O)Nc1ccccc1C(F)(F)F)S2. The Kier molecular flexibility index (Phi) is 5.37. The molecule has 0 fully saturated rings. The van der Waals surface area contributed by atoms with Gasteiger partial charge in [0.05, 0.1) is 17.3 Å². The van der Waals surface area contributed by atoms with Gasteiger partial charge in [-0.2, -0.15) is 13.2 Å². The third kappa shape index (κ3) is 3.97. The highest BCUT2D eigenvalue weighted by atomic mass is 35.5. The van der Waals surface area contributed by atoms with Gasteiger partial charge in [-0.3, -0.25) is 4.79 Å². The molecule has 1 aliphatic rings. The highest BCUT2D eigenvalue weighted by Gasteiger charge is 2.39. The average Bonchev–Trinajstić information content (AvgIpc) is 3.07. The van der Waals surface area contributed by atoms with Gasteiger partial charge in [0.1, 0.15) is 11.1 Å². The zero-order valence-electron chi connectivity index (χ0n) is 15.4. The van der Waals surface area contributed by atoms with Crippen molar-refractivity contribution in [3.63, 3.8) is 0 Å². The molecule has 2 heterocycles. The van der Waals surface area contributed by atoms with Gasteiger partial charge in [0.15, 0.2) is 0 Å². The van der Waals surface area contributed by atoms with Crippen molar-refractivity contribution in [3.05, 3.63) is 70.5 Å². The Morgan fingerprint density at radius 1 is 1.17 bits per heavy atom. The van der Waals surface area contributed by atoms with E-state index in [4.69, 9.17) is 11.6 Å². The van der Waals surface area contributed by atoms with Gasteiger partial charge in [-0.1, -0.05) is 47.6 Å². The van der Waals surface area contributed by atoms with Crippen molar-refractivity contribution >= 4 is 35.0 Å². The average molecular weight is 454 g/mol. The molecule has 30 heavy (non-hydrogen) atoms. The summed E-state index contributed by atoms with van der Waals surface area (Å²) >= 11 is 7.10. The lowest BCUT2D eigenvalue weighted by molar-refractivity contribution is -0.137. The molecule has 1 aromatic heterocycles. The van der Waals surface area contributed by atoms with Crippen molar-refractivity contribution in [3.8, 4) is 0 Å². The van der Waals surface area contributed by atoms with Gasteiger partial charge in [0.2, 0.25) is 11.1 Å². The van der Waals surface area contributed by atoms with E-state index in [1.807, 2.05) is 0 Å². The molecule has 2 unspecified atom stereocenters. The van der Waals surface area contributed by atoms with E-state index in [-0.39, 0.29) is 5.69 Å². The maximum absolute atomic E-state index is 13.3. The van der Waals surface area contributed by atoms with Gasteiger partial charge in [-0.25, -0.2) is 4.68 Å². The third-order valence-electron chi connectivity index (χ3n) is 4.58. The van der Waals surface area contributed by atoms with Gasteiger partial charge < -0.3 is 10.7 Å². The first kappa shape index (κ1) is 20.5. The number of halogens is 4. The maximum atomic E-state index is 13.3. The Labute approximate surface area is 178 Å². The number of aromatic nitrogens is 3. The standard InChI is InChI=1S/C19H15ClF3N5OS/c1-10-25-26-18-28(10)27-15(11-6-8-12(20)9-7-11)16(30-18)17(29)24-14-5-3-2-4-13(14)19(21,22)23/h2-9,15-16,27H,1H3,(H,24,29). The summed E-state index contributed by atoms with van der Waals surface area (Å²) in [7, 11) is 0. The monoisotopic (exact) mass is 453 g/mol. The Morgan fingerprint density at radius 2 is 1.87 bits per heavy atom. The van der Waals surface area contributed by atoms with Crippen LogP contribution in [0.3, 0.4) is 0 Å². The van der Waals surface area contributed by atoms with Crippen LogP contribution in [0.5, 0.6) is 0 Å². The molecule has 0 saturated heterocycles. The second-order valence-corrected chi connectivity index (χ2v) is 8.14. The van der Waals surface area contributed by atoms with E-state index in [2.05, 4.69) is 20.9 Å². The Morgan fingerprint density at radius 3 is 2.57 bits per heavy atom. The first-order valence-electron chi connectivity index (χ1n) is 8.82. The van der Waals surface area contributed by atoms with E-state index in [0.29, 0.717) is 16.0 Å². The van der Waals surface area contributed by atoms with Crippen LogP contribution in [0.2, 0.25) is 5.02 Å². The first-order chi connectivity index (χ1) is 14.2. The first-order valence-corrected chi connectivity index (χ1v) is 10.1. The molecule has 1 amide bonds. The minimum Gasteiger partial charge on any atom is -0.324 e. The fourth-order valence-electron chi connectivity index (χ4n) is 3.12. The minimum absolute atomic E-state index is 0.298. The van der Waals surface area contributed by atoms with Gasteiger partial charge in [0, 0.05) is 5.02 Å². The second-order valence-electron chi connectivity index (χ2n) is 6.59. The van der Waals surface area contributed by atoms with E-state index in [0.717, 1.165) is 23.4 Å². The number of fused-ring (bicyclic) bond motifs is 1. The molecule has 0 bridgehead atoms.